The fourth-order valence-corrected chi connectivity index (χ4v) is 4.09. The van der Waals surface area contributed by atoms with Gasteiger partial charge in [-0.1, -0.05) is 30.7 Å². The van der Waals surface area contributed by atoms with Crippen molar-refractivity contribution in [1.29, 1.82) is 0 Å². The van der Waals surface area contributed by atoms with Crippen LogP contribution in [0.25, 0.3) is 0 Å². The molecule has 1 aromatic carbocycles. The lowest BCUT2D eigenvalue weighted by Crippen LogP contribution is -2.23. The van der Waals surface area contributed by atoms with Gasteiger partial charge in [0.25, 0.3) is 0 Å². The Bertz CT molecular complexity index is 556. The third-order valence-electron chi connectivity index (χ3n) is 2.84. The first-order valence-electron chi connectivity index (χ1n) is 6.04. The fraction of sp³-hybridized carbons (Fsp3) is 0.286. The average molecular weight is 424 g/mol. The van der Waals surface area contributed by atoms with E-state index in [0.29, 0.717) is 0 Å². The molecule has 0 aliphatic heterocycles. The lowest BCUT2D eigenvalue weighted by Gasteiger charge is -2.20. The van der Waals surface area contributed by atoms with Crippen LogP contribution in [-0.4, -0.2) is 6.54 Å². The van der Waals surface area contributed by atoms with E-state index in [2.05, 4.69) is 60.9 Å². The summed E-state index contributed by atoms with van der Waals surface area (Å²) in [5.74, 6) is 0. The minimum Gasteiger partial charge on any atom is -0.306 e. The summed E-state index contributed by atoms with van der Waals surface area (Å²) in [5.41, 5.74) is 2.34. The zero-order valence-electron chi connectivity index (χ0n) is 10.4. The molecule has 0 saturated heterocycles. The van der Waals surface area contributed by atoms with Crippen molar-refractivity contribution in [3.8, 4) is 0 Å². The van der Waals surface area contributed by atoms with Gasteiger partial charge in [0.05, 0.1) is 11.1 Å². The van der Waals surface area contributed by atoms with Gasteiger partial charge in [-0.2, -0.15) is 11.3 Å². The van der Waals surface area contributed by atoms with Gasteiger partial charge >= 0.3 is 0 Å². The second-order valence-electron chi connectivity index (χ2n) is 4.21. The molecule has 0 aliphatic carbocycles. The molecule has 1 unspecified atom stereocenters. The summed E-state index contributed by atoms with van der Waals surface area (Å²) in [4.78, 5) is 0. The molecule has 0 radical (unpaired) electrons. The molecular formula is C14H14Br2ClNS. The number of nitrogens with one attached hydrogen (secondary N) is 1. The maximum atomic E-state index is 6.44. The van der Waals surface area contributed by atoms with Crippen molar-refractivity contribution in [2.45, 2.75) is 19.4 Å². The van der Waals surface area contributed by atoms with Crippen LogP contribution in [0.1, 0.15) is 30.5 Å². The molecular weight excluding hydrogens is 409 g/mol. The molecule has 5 heteroatoms. The van der Waals surface area contributed by atoms with E-state index in [1.807, 2.05) is 12.1 Å². The fourth-order valence-electron chi connectivity index (χ4n) is 1.92. The van der Waals surface area contributed by atoms with E-state index in [1.165, 1.54) is 5.56 Å². The van der Waals surface area contributed by atoms with E-state index in [1.54, 1.807) is 11.3 Å². The molecule has 1 heterocycles. The minimum absolute atomic E-state index is 0.116. The van der Waals surface area contributed by atoms with Crippen LogP contribution < -0.4 is 5.32 Å². The van der Waals surface area contributed by atoms with Crippen LogP contribution in [0.4, 0.5) is 0 Å². The summed E-state index contributed by atoms with van der Waals surface area (Å²) < 4.78 is 2.06. The van der Waals surface area contributed by atoms with Crippen molar-refractivity contribution in [1.82, 2.24) is 5.32 Å². The number of thiophene rings is 1. The van der Waals surface area contributed by atoms with E-state index in [0.717, 1.165) is 32.5 Å². The molecule has 0 amide bonds. The lowest BCUT2D eigenvalue weighted by molar-refractivity contribution is 0.598. The third-order valence-corrected chi connectivity index (χ3v) is 5.91. The van der Waals surface area contributed by atoms with Gasteiger partial charge in [-0.3, -0.25) is 0 Å². The number of hydrogen-bond acceptors (Lipinski definition) is 2. The Hall–Kier alpha value is 0.130. The van der Waals surface area contributed by atoms with Gasteiger partial charge in [-0.05, 0) is 67.4 Å². The van der Waals surface area contributed by atoms with Crippen molar-refractivity contribution in [2.24, 2.45) is 0 Å². The molecule has 1 aromatic heterocycles. The molecule has 102 valence electrons. The van der Waals surface area contributed by atoms with E-state index in [4.69, 9.17) is 11.6 Å². The zero-order valence-corrected chi connectivity index (χ0v) is 15.2. The van der Waals surface area contributed by atoms with Crippen LogP contribution >= 0.6 is 54.8 Å². The van der Waals surface area contributed by atoms with Gasteiger partial charge in [0, 0.05) is 14.3 Å². The predicted molar refractivity (Wildman–Crippen MR) is 91.3 cm³/mol. The number of rotatable bonds is 5. The van der Waals surface area contributed by atoms with Crippen molar-refractivity contribution in [2.75, 3.05) is 6.54 Å². The van der Waals surface area contributed by atoms with Gasteiger partial charge in [0.2, 0.25) is 0 Å². The Morgan fingerprint density at radius 3 is 2.63 bits per heavy atom. The molecule has 2 rings (SSSR count). The molecule has 19 heavy (non-hydrogen) atoms. The van der Waals surface area contributed by atoms with Crippen molar-refractivity contribution in [3.63, 3.8) is 0 Å². The summed E-state index contributed by atoms with van der Waals surface area (Å²) in [7, 11) is 0. The van der Waals surface area contributed by atoms with Crippen LogP contribution in [0.2, 0.25) is 5.02 Å². The van der Waals surface area contributed by atoms with Gasteiger partial charge in [0.1, 0.15) is 0 Å². The summed E-state index contributed by atoms with van der Waals surface area (Å²) >= 11 is 15.2. The molecule has 1 N–H and O–H groups in total. The molecule has 0 fully saturated rings. The summed E-state index contributed by atoms with van der Waals surface area (Å²) in [6.45, 7) is 3.12. The maximum Gasteiger partial charge on any atom is 0.0611 e. The first kappa shape index (κ1) is 15.5. The lowest BCUT2D eigenvalue weighted by atomic mass is 10.0. The van der Waals surface area contributed by atoms with Crippen molar-refractivity contribution < 1.29 is 0 Å². The van der Waals surface area contributed by atoms with Gasteiger partial charge < -0.3 is 5.32 Å². The van der Waals surface area contributed by atoms with E-state index in [9.17, 15) is 0 Å². The molecule has 0 aliphatic rings. The van der Waals surface area contributed by atoms with Crippen LogP contribution in [-0.2, 0) is 0 Å². The highest BCUT2D eigenvalue weighted by Gasteiger charge is 2.20. The Morgan fingerprint density at radius 2 is 2.00 bits per heavy atom. The van der Waals surface area contributed by atoms with Crippen LogP contribution in [0.5, 0.6) is 0 Å². The smallest absolute Gasteiger partial charge is 0.0611 e. The normalized spacial score (nSPS) is 12.6. The standard InChI is InChI=1S/C14H14Br2ClNS/c1-2-6-18-14(10-7-19-8-12(10)16)9-4-3-5-11(15)13(9)17/h3-5,7-8,14,18H,2,6H2,1H3. The Kier molecular flexibility index (Phi) is 5.90. The zero-order chi connectivity index (χ0) is 13.8. The second-order valence-corrected chi connectivity index (χ2v) is 7.04. The first-order chi connectivity index (χ1) is 9.15. The van der Waals surface area contributed by atoms with E-state index < -0.39 is 0 Å². The Morgan fingerprint density at radius 1 is 1.21 bits per heavy atom. The topological polar surface area (TPSA) is 12.0 Å². The maximum absolute atomic E-state index is 6.44. The van der Waals surface area contributed by atoms with Crippen LogP contribution in [0, 0.1) is 0 Å². The molecule has 1 atom stereocenters. The molecule has 0 saturated carbocycles. The Balaban J connectivity index is 2.43. The van der Waals surface area contributed by atoms with Crippen LogP contribution in [0.15, 0.2) is 37.9 Å². The molecule has 1 nitrogen and oxygen atoms in total. The third kappa shape index (κ3) is 3.61. The monoisotopic (exact) mass is 421 g/mol. The summed E-state index contributed by atoms with van der Waals surface area (Å²) in [5, 5.41) is 8.60. The van der Waals surface area contributed by atoms with Crippen LogP contribution in [0.3, 0.4) is 0 Å². The highest BCUT2D eigenvalue weighted by atomic mass is 79.9. The molecule has 0 bridgehead atoms. The first-order valence-corrected chi connectivity index (χ1v) is 8.94. The highest BCUT2D eigenvalue weighted by molar-refractivity contribution is 9.10. The predicted octanol–water partition coefficient (Wildman–Crippen LogP) is 6.02. The summed E-state index contributed by atoms with van der Waals surface area (Å²) in [6.07, 6.45) is 1.09. The number of benzene rings is 1. The summed E-state index contributed by atoms with van der Waals surface area (Å²) in [6, 6.07) is 6.17. The molecule has 0 spiro atoms. The van der Waals surface area contributed by atoms with Gasteiger partial charge in [-0.25, -0.2) is 0 Å². The van der Waals surface area contributed by atoms with Crippen molar-refractivity contribution >= 4 is 54.8 Å². The van der Waals surface area contributed by atoms with Crippen molar-refractivity contribution in [3.05, 3.63) is 54.1 Å². The number of hydrogen-bond donors (Lipinski definition) is 1. The Labute approximate surface area is 139 Å². The number of halogens is 3. The van der Waals surface area contributed by atoms with Gasteiger partial charge in [0.15, 0.2) is 0 Å². The largest absolute Gasteiger partial charge is 0.306 e. The van der Waals surface area contributed by atoms with Gasteiger partial charge in [-0.15, -0.1) is 0 Å². The highest BCUT2D eigenvalue weighted by Crippen LogP contribution is 2.37. The second kappa shape index (κ2) is 7.23. The van der Waals surface area contributed by atoms with E-state index in [-0.39, 0.29) is 6.04 Å². The SMILES string of the molecule is CCCNC(c1cscc1Br)c1cccc(Br)c1Cl. The van der Waals surface area contributed by atoms with E-state index >= 15 is 0 Å². The quantitative estimate of drug-likeness (QED) is 0.620. The minimum atomic E-state index is 0.116. The molecule has 2 aromatic rings. The average Bonchev–Trinajstić information content (AvgIpc) is 2.81.